The predicted molar refractivity (Wildman–Crippen MR) is 89.2 cm³/mol. The Morgan fingerprint density at radius 1 is 1.37 bits per heavy atom. The van der Waals surface area contributed by atoms with Crippen LogP contribution in [0.3, 0.4) is 0 Å². The van der Waals surface area contributed by atoms with Gasteiger partial charge in [-0.15, -0.1) is 0 Å². The number of carboxylic acid groups (broad SMARTS) is 1. The number of phosphoric ester groups is 1. The molecule has 0 aromatic rings. The van der Waals surface area contributed by atoms with Gasteiger partial charge in [-0.25, -0.2) is 9.36 Å². The van der Waals surface area contributed by atoms with E-state index in [0.29, 0.717) is 4.90 Å². The number of carboxylic acids is 1. The van der Waals surface area contributed by atoms with Gasteiger partial charge in [0.05, 0.1) is 6.61 Å². The molecule has 2 rings (SSSR count). The van der Waals surface area contributed by atoms with Crippen molar-refractivity contribution in [2.75, 3.05) is 19.9 Å². The quantitative estimate of drug-likeness (QED) is 0.0679. The minimum absolute atomic E-state index is 0.118. The summed E-state index contributed by atoms with van der Waals surface area (Å²) in [6.07, 6.45) is -5.75. The summed E-state index contributed by atoms with van der Waals surface area (Å²) >= 11 is 0. The van der Waals surface area contributed by atoms with E-state index < -0.39 is 69.1 Å². The SMILES string of the molecule is O=C(O)[C@H](CCCN1C(=O)N[C@@]2(O[C@H](COP(=O)(O)O)[C@@H](O)[C@H]2O)C1=O)N(O)CO. The van der Waals surface area contributed by atoms with Crippen LogP contribution in [0.15, 0.2) is 0 Å². The third kappa shape index (κ3) is 4.94. The van der Waals surface area contributed by atoms with E-state index in [1.807, 2.05) is 0 Å². The Morgan fingerprint density at radius 2 is 2.00 bits per heavy atom. The summed E-state index contributed by atoms with van der Waals surface area (Å²) in [6, 6.07) is -2.54. The number of urea groups is 1. The summed E-state index contributed by atoms with van der Waals surface area (Å²) in [7, 11) is -4.94. The van der Waals surface area contributed by atoms with Crippen molar-refractivity contribution >= 4 is 25.7 Å². The molecule has 0 bridgehead atoms. The van der Waals surface area contributed by atoms with E-state index in [0.717, 1.165) is 0 Å². The van der Waals surface area contributed by atoms with Crippen LogP contribution in [0.4, 0.5) is 4.79 Å². The normalized spacial score (nSPS) is 30.4. The van der Waals surface area contributed by atoms with Crippen molar-refractivity contribution in [3.63, 3.8) is 0 Å². The average Bonchev–Trinajstić information content (AvgIpc) is 3.03. The van der Waals surface area contributed by atoms with Gasteiger partial charge in [-0.3, -0.25) is 24.3 Å². The van der Waals surface area contributed by atoms with Gasteiger partial charge in [-0.2, -0.15) is 5.06 Å². The number of carbonyl (C=O) groups is 3. The second-order valence-electron chi connectivity index (χ2n) is 6.58. The Hall–Kier alpha value is -1.72. The number of amides is 3. The molecule has 2 aliphatic heterocycles. The molecule has 16 nitrogen and oxygen atoms in total. The van der Waals surface area contributed by atoms with Gasteiger partial charge in [0.25, 0.3) is 11.6 Å². The fourth-order valence-corrected chi connectivity index (χ4v) is 3.46. The van der Waals surface area contributed by atoms with Crippen molar-refractivity contribution in [2.24, 2.45) is 0 Å². The summed E-state index contributed by atoms with van der Waals surface area (Å²) in [5.74, 6) is -2.57. The zero-order valence-corrected chi connectivity index (χ0v) is 16.2. The molecule has 0 saturated carbocycles. The molecule has 0 aromatic carbocycles. The molecule has 172 valence electrons. The molecule has 30 heavy (non-hydrogen) atoms. The van der Waals surface area contributed by atoms with Gasteiger partial charge in [-0.1, -0.05) is 0 Å². The first-order chi connectivity index (χ1) is 13.8. The van der Waals surface area contributed by atoms with Crippen LogP contribution in [0, 0.1) is 0 Å². The smallest absolute Gasteiger partial charge is 0.469 e. The maximum atomic E-state index is 12.7. The van der Waals surface area contributed by atoms with E-state index >= 15 is 0 Å². The number of hydroxylamine groups is 2. The Bertz CT molecular complexity index is 731. The highest BCUT2D eigenvalue weighted by Crippen LogP contribution is 2.39. The lowest BCUT2D eigenvalue weighted by Crippen LogP contribution is -2.56. The third-order valence-electron chi connectivity index (χ3n) is 4.61. The van der Waals surface area contributed by atoms with Crippen LogP contribution >= 0.6 is 7.82 Å². The van der Waals surface area contributed by atoms with Crippen LogP contribution in [0.25, 0.3) is 0 Å². The molecule has 0 radical (unpaired) electrons. The Labute approximate surface area is 168 Å². The van der Waals surface area contributed by atoms with Crippen LogP contribution in [-0.2, 0) is 23.4 Å². The van der Waals surface area contributed by atoms with E-state index in [1.165, 1.54) is 0 Å². The number of carbonyl (C=O) groups excluding carboxylic acids is 2. The van der Waals surface area contributed by atoms with Gasteiger partial charge in [0.15, 0.2) is 0 Å². The van der Waals surface area contributed by atoms with Gasteiger partial charge in [-0.05, 0) is 12.8 Å². The average molecular weight is 459 g/mol. The second-order valence-corrected chi connectivity index (χ2v) is 7.82. The molecule has 2 aliphatic rings. The number of nitrogens with zero attached hydrogens (tertiary/aromatic N) is 2. The van der Waals surface area contributed by atoms with Gasteiger partial charge in [0.2, 0.25) is 0 Å². The summed E-state index contributed by atoms with van der Waals surface area (Å²) in [6.45, 7) is -2.20. The molecule has 8 N–H and O–H groups in total. The van der Waals surface area contributed by atoms with Crippen LogP contribution in [-0.4, -0.2) is 113 Å². The number of phosphoric acid groups is 1. The summed E-state index contributed by atoms with van der Waals surface area (Å²) in [5, 5.41) is 49.6. The lowest BCUT2D eigenvalue weighted by atomic mass is 10.0. The highest BCUT2D eigenvalue weighted by molar-refractivity contribution is 7.46. The van der Waals surface area contributed by atoms with Crippen molar-refractivity contribution < 1.29 is 63.6 Å². The molecule has 5 atom stereocenters. The van der Waals surface area contributed by atoms with E-state index in [4.69, 9.17) is 24.7 Å². The van der Waals surface area contributed by atoms with Crippen molar-refractivity contribution in [3.8, 4) is 0 Å². The first kappa shape index (κ1) is 24.5. The van der Waals surface area contributed by atoms with Crippen molar-refractivity contribution in [1.29, 1.82) is 0 Å². The minimum atomic E-state index is -4.94. The molecule has 0 aliphatic carbocycles. The zero-order chi connectivity index (χ0) is 22.9. The fourth-order valence-electron chi connectivity index (χ4n) is 3.12. The minimum Gasteiger partial charge on any atom is -0.480 e. The molecular formula is C13H22N3O13P. The maximum absolute atomic E-state index is 12.7. The fraction of sp³-hybridized carbons (Fsp3) is 0.769. The molecule has 0 aromatic heterocycles. The predicted octanol–water partition coefficient (Wildman–Crippen LogP) is -3.66. The Morgan fingerprint density at radius 3 is 2.53 bits per heavy atom. The summed E-state index contributed by atoms with van der Waals surface area (Å²) in [4.78, 5) is 54.0. The number of imide groups is 1. The first-order valence-corrected chi connectivity index (χ1v) is 10.0. The van der Waals surface area contributed by atoms with E-state index in [-0.39, 0.29) is 24.4 Å². The Kier molecular flexibility index (Phi) is 7.52. The highest BCUT2D eigenvalue weighted by Gasteiger charge is 2.65. The number of hydrogen-bond donors (Lipinski definition) is 8. The molecular weight excluding hydrogens is 437 g/mol. The molecule has 2 fully saturated rings. The van der Waals surface area contributed by atoms with Crippen LogP contribution < -0.4 is 5.32 Å². The number of rotatable bonds is 10. The van der Waals surface area contributed by atoms with Crippen molar-refractivity contribution in [3.05, 3.63) is 0 Å². The monoisotopic (exact) mass is 459 g/mol. The van der Waals surface area contributed by atoms with Gasteiger partial charge in [0.1, 0.15) is 31.1 Å². The number of ether oxygens (including phenoxy) is 1. The summed E-state index contributed by atoms with van der Waals surface area (Å²) in [5.41, 5.74) is -2.42. The zero-order valence-electron chi connectivity index (χ0n) is 15.3. The topological polar surface area (TPSA) is 247 Å². The van der Waals surface area contributed by atoms with Gasteiger partial charge >= 0.3 is 19.8 Å². The van der Waals surface area contributed by atoms with E-state index in [1.54, 1.807) is 0 Å². The van der Waals surface area contributed by atoms with E-state index in [2.05, 4.69) is 9.84 Å². The van der Waals surface area contributed by atoms with Crippen molar-refractivity contribution in [1.82, 2.24) is 15.3 Å². The second kappa shape index (κ2) is 9.19. The molecule has 2 saturated heterocycles. The number of hydrogen-bond acceptors (Lipinski definition) is 11. The number of aliphatic hydroxyl groups is 3. The van der Waals surface area contributed by atoms with Crippen LogP contribution in [0.2, 0.25) is 0 Å². The number of nitrogens with one attached hydrogen (secondary N) is 1. The van der Waals surface area contributed by atoms with E-state index in [9.17, 15) is 34.4 Å². The van der Waals surface area contributed by atoms with Crippen molar-refractivity contribution in [2.45, 2.75) is 42.9 Å². The standard InChI is InChI=1S/C13H22N3O13P/c17-5-16(24)6(10(20)21)2-1-3-15-11(22)13(14-12(15)23)9(19)8(18)7(29-13)4-28-30(25,26)27/h6-9,17-19,24H,1-5H2,(H,14,23)(H,20,21)(H2,25,26,27)/t6-,7+,8+,9+,13-/m0/s1. The molecule has 2 heterocycles. The highest BCUT2D eigenvalue weighted by atomic mass is 31.2. The Balaban J connectivity index is 2.04. The third-order valence-corrected chi connectivity index (χ3v) is 5.10. The van der Waals surface area contributed by atoms with Gasteiger partial charge < -0.3 is 40.2 Å². The number of aliphatic carboxylic acids is 1. The maximum Gasteiger partial charge on any atom is 0.469 e. The first-order valence-electron chi connectivity index (χ1n) is 8.51. The lowest BCUT2D eigenvalue weighted by molar-refractivity contribution is -0.191. The molecule has 3 amide bonds. The van der Waals surface area contributed by atoms with Crippen LogP contribution in [0.1, 0.15) is 12.8 Å². The molecule has 1 spiro atoms. The largest absolute Gasteiger partial charge is 0.480 e. The number of aliphatic hydroxyl groups excluding tert-OH is 3. The lowest BCUT2D eigenvalue weighted by Gasteiger charge is -2.24. The molecule has 0 unspecified atom stereocenters. The molecule has 17 heteroatoms. The van der Waals surface area contributed by atoms with Gasteiger partial charge in [0, 0.05) is 6.54 Å². The summed E-state index contributed by atoms with van der Waals surface area (Å²) < 4.78 is 20.2. The van der Waals surface area contributed by atoms with Crippen LogP contribution in [0.5, 0.6) is 0 Å².